The highest BCUT2D eigenvalue weighted by molar-refractivity contribution is 5.73. The van der Waals surface area contributed by atoms with Gasteiger partial charge in [0.15, 0.2) is 0 Å². The van der Waals surface area contributed by atoms with Crippen LogP contribution in [0.25, 0.3) is 0 Å². The Labute approximate surface area is 123 Å². The van der Waals surface area contributed by atoms with E-state index in [1.165, 1.54) is 12.1 Å². The zero-order valence-corrected chi connectivity index (χ0v) is 12.1. The van der Waals surface area contributed by atoms with Crippen molar-refractivity contribution in [2.75, 3.05) is 13.1 Å². The zero-order valence-electron chi connectivity index (χ0n) is 12.1. The smallest absolute Gasteiger partial charge is 0.314 e. The molecule has 21 heavy (non-hydrogen) atoms. The van der Waals surface area contributed by atoms with E-state index in [4.69, 9.17) is 5.11 Å². The summed E-state index contributed by atoms with van der Waals surface area (Å²) in [5, 5.41) is 14.1. The van der Waals surface area contributed by atoms with Gasteiger partial charge in [-0.1, -0.05) is 19.1 Å². The van der Waals surface area contributed by atoms with Gasteiger partial charge in [0.05, 0.1) is 5.92 Å². The molecule has 0 aliphatic heterocycles. The third kappa shape index (κ3) is 7.29. The highest BCUT2D eigenvalue weighted by Gasteiger charge is 2.09. The molecular formula is C15H21FN2O3. The molecule has 0 aliphatic carbocycles. The summed E-state index contributed by atoms with van der Waals surface area (Å²) in [6.45, 7) is 2.55. The van der Waals surface area contributed by atoms with Crippen LogP contribution in [0.15, 0.2) is 24.3 Å². The maximum absolute atomic E-state index is 12.7. The van der Waals surface area contributed by atoms with Gasteiger partial charge in [0, 0.05) is 13.1 Å². The Hall–Kier alpha value is -2.11. The van der Waals surface area contributed by atoms with Crippen molar-refractivity contribution in [2.45, 2.75) is 26.2 Å². The molecule has 5 nitrogen and oxygen atoms in total. The van der Waals surface area contributed by atoms with Gasteiger partial charge >= 0.3 is 12.0 Å². The molecule has 2 amide bonds. The maximum atomic E-state index is 12.7. The van der Waals surface area contributed by atoms with E-state index in [1.54, 1.807) is 19.1 Å². The first kappa shape index (κ1) is 16.9. The van der Waals surface area contributed by atoms with Crippen LogP contribution in [0.1, 0.15) is 25.3 Å². The van der Waals surface area contributed by atoms with E-state index in [1.807, 2.05) is 0 Å². The molecule has 6 heteroatoms. The second kappa shape index (κ2) is 8.94. The quantitative estimate of drug-likeness (QED) is 0.643. The zero-order chi connectivity index (χ0) is 15.7. The second-order valence-corrected chi connectivity index (χ2v) is 4.94. The average Bonchev–Trinajstić information content (AvgIpc) is 2.45. The number of hydrogen-bond acceptors (Lipinski definition) is 2. The van der Waals surface area contributed by atoms with Crippen molar-refractivity contribution >= 4 is 12.0 Å². The highest BCUT2D eigenvalue weighted by atomic mass is 19.1. The van der Waals surface area contributed by atoms with Crippen LogP contribution in [0.5, 0.6) is 0 Å². The number of benzene rings is 1. The number of rotatable bonds is 8. The van der Waals surface area contributed by atoms with Gasteiger partial charge in [-0.25, -0.2) is 9.18 Å². The number of aliphatic carboxylic acids is 1. The van der Waals surface area contributed by atoms with Crippen LogP contribution in [0.2, 0.25) is 0 Å². The first-order chi connectivity index (χ1) is 9.99. The van der Waals surface area contributed by atoms with Gasteiger partial charge in [0.2, 0.25) is 0 Å². The van der Waals surface area contributed by atoms with Crippen molar-refractivity contribution < 1.29 is 19.1 Å². The van der Waals surface area contributed by atoms with E-state index in [0.29, 0.717) is 32.4 Å². The molecule has 1 aromatic carbocycles. The lowest BCUT2D eigenvalue weighted by Crippen LogP contribution is -2.37. The molecule has 0 aromatic heterocycles. The number of halogens is 1. The Morgan fingerprint density at radius 2 is 1.81 bits per heavy atom. The topological polar surface area (TPSA) is 78.4 Å². The standard InChI is InChI=1S/C15H21FN2O3/c1-11(14(19)20)3-2-9-17-15(21)18-10-8-12-4-6-13(16)7-5-12/h4-7,11H,2-3,8-10H2,1H3,(H,19,20)(H2,17,18,21). The molecular weight excluding hydrogens is 275 g/mol. The Morgan fingerprint density at radius 1 is 1.19 bits per heavy atom. The number of urea groups is 1. The third-order valence-corrected chi connectivity index (χ3v) is 3.13. The largest absolute Gasteiger partial charge is 0.481 e. The fourth-order valence-electron chi connectivity index (χ4n) is 1.77. The summed E-state index contributed by atoms with van der Waals surface area (Å²) < 4.78 is 12.7. The molecule has 0 bridgehead atoms. The highest BCUT2D eigenvalue weighted by Crippen LogP contribution is 2.04. The number of nitrogens with one attached hydrogen (secondary N) is 2. The van der Waals surface area contributed by atoms with E-state index < -0.39 is 11.9 Å². The number of carboxylic acid groups (broad SMARTS) is 1. The van der Waals surface area contributed by atoms with Crippen molar-refractivity contribution in [3.05, 3.63) is 35.6 Å². The molecule has 0 spiro atoms. The number of carboxylic acids is 1. The SMILES string of the molecule is CC(CCCNC(=O)NCCc1ccc(F)cc1)C(=O)O. The molecule has 0 saturated heterocycles. The molecule has 0 radical (unpaired) electrons. The van der Waals surface area contributed by atoms with Gasteiger partial charge in [0.25, 0.3) is 0 Å². The summed E-state index contributed by atoms with van der Waals surface area (Å²) >= 11 is 0. The number of carbonyl (C=O) groups is 2. The predicted octanol–water partition coefficient (Wildman–Crippen LogP) is 2.17. The van der Waals surface area contributed by atoms with Gasteiger partial charge in [-0.15, -0.1) is 0 Å². The summed E-state index contributed by atoms with van der Waals surface area (Å²) in [6, 6.07) is 5.86. The fraction of sp³-hybridized carbons (Fsp3) is 0.467. The van der Waals surface area contributed by atoms with Crippen molar-refractivity contribution in [3.8, 4) is 0 Å². The van der Waals surface area contributed by atoms with E-state index in [0.717, 1.165) is 5.56 Å². The van der Waals surface area contributed by atoms with Crippen molar-refractivity contribution in [1.82, 2.24) is 10.6 Å². The average molecular weight is 296 g/mol. The maximum Gasteiger partial charge on any atom is 0.314 e. The van der Waals surface area contributed by atoms with E-state index in [9.17, 15) is 14.0 Å². The summed E-state index contributed by atoms with van der Waals surface area (Å²) in [5.41, 5.74) is 0.951. The Balaban J connectivity index is 2.09. The van der Waals surface area contributed by atoms with Crippen LogP contribution in [0.3, 0.4) is 0 Å². The first-order valence-corrected chi connectivity index (χ1v) is 6.98. The second-order valence-electron chi connectivity index (χ2n) is 4.94. The first-order valence-electron chi connectivity index (χ1n) is 6.98. The Bertz CT molecular complexity index is 462. The molecule has 1 rings (SSSR count). The fourth-order valence-corrected chi connectivity index (χ4v) is 1.77. The molecule has 1 atom stereocenters. The number of carbonyl (C=O) groups excluding carboxylic acids is 1. The molecule has 0 saturated carbocycles. The monoisotopic (exact) mass is 296 g/mol. The van der Waals surface area contributed by atoms with Crippen molar-refractivity contribution in [1.29, 1.82) is 0 Å². The molecule has 0 aliphatic rings. The van der Waals surface area contributed by atoms with Gasteiger partial charge < -0.3 is 15.7 Å². The predicted molar refractivity (Wildman–Crippen MR) is 77.5 cm³/mol. The summed E-state index contributed by atoms with van der Waals surface area (Å²) in [7, 11) is 0. The van der Waals surface area contributed by atoms with Crippen LogP contribution in [-0.2, 0) is 11.2 Å². The van der Waals surface area contributed by atoms with Crippen LogP contribution in [0, 0.1) is 11.7 Å². The lowest BCUT2D eigenvalue weighted by molar-refractivity contribution is -0.141. The Kier molecular flexibility index (Phi) is 7.21. The van der Waals surface area contributed by atoms with Crippen molar-refractivity contribution in [2.24, 2.45) is 5.92 Å². The minimum atomic E-state index is -0.821. The Morgan fingerprint density at radius 3 is 2.43 bits per heavy atom. The number of amides is 2. The molecule has 116 valence electrons. The molecule has 0 fully saturated rings. The molecule has 1 unspecified atom stereocenters. The van der Waals surface area contributed by atoms with Crippen molar-refractivity contribution in [3.63, 3.8) is 0 Å². The van der Waals surface area contributed by atoms with Crippen LogP contribution < -0.4 is 10.6 Å². The summed E-state index contributed by atoms with van der Waals surface area (Å²) in [5.74, 6) is -1.49. The molecule has 3 N–H and O–H groups in total. The normalized spacial score (nSPS) is 11.7. The van der Waals surface area contributed by atoms with E-state index in [2.05, 4.69) is 10.6 Å². The molecule has 0 heterocycles. The van der Waals surface area contributed by atoms with Crippen LogP contribution >= 0.6 is 0 Å². The van der Waals surface area contributed by atoms with Gasteiger partial charge in [-0.2, -0.15) is 0 Å². The van der Waals surface area contributed by atoms with E-state index >= 15 is 0 Å². The van der Waals surface area contributed by atoms with Gasteiger partial charge in [-0.3, -0.25) is 4.79 Å². The summed E-state index contributed by atoms with van der Waals surface area (Å²) in [6.07, 6.45) is 1.79. The van der Waals surface area contributed by atoms with Crippen LogP contribution in [0.4, 0.5) is 9.18 Å². The van der Waals surface area contributed by atoms with E-state index in [-0.39, 0.29) is 11.8 Å². The lowest BCUT2D eigenvalue weighted by atomic mass is 10.1. The minimum absolute atomic E-state index is 0.278. The third-order valence-electron chi connectivity index (χ3n) is 3.13. The van der Waals surface area contributed by atoms with Gasteiger partial charge in [-0.05, 0) is 37.0 Å². The number of hydrogen-bond donors (Lipinski definition) is 3. The lowest BCUT2D eigenvalue weighted by Gasteiger charge is -2.09. The molecule has 1 aromatic rings. The van der Waals surface area contributed by atoms with Crippen LogP contribution in [-0.4, -0.2) is 30.2 Å². The van der Waals surface area contributed by atoms with Gasteiger partial charge in [0.1, 0.15) is 5.82 Å². The minimum Gasteiger partial charge on any atom is -0.481 e. The summed E-state index contributed by atoms with van der Waals surface area (Å²) in [4.78, 5) is 22.1.